The molecule has 0 aromatic heterocycles. The Labute approximate surface area is 340 Å². The van der Waals surface area contributed by atoms with Crippen LogP contribution in [0.4, 0.5) is 5.69 Å². The highest BCUT2D eigenvalue weighted by Gasteiger charge is 2.72. The van der Waals surface area contributed by atoms with E-state index in [-0.39, 0.29) is 63.2 Å². The molecule has 7 aliphatic carbocycles. The van der Waals surface area contributed by atoms with Gasteiger partial charge in [0.2, 0.25) is 0 Å². The second kappa shape index (κ2) is 13.4. The Bertz CT molecular complexity index is 2060. The number of phenols is 1. The van der Waals surface area contributed by atoms with E-state index in [1.165, 1.54) is 11.1 Å². The number of benzene rings is 2. The first-order valence-corrected chi connectivity index (χ1v) is 22.2. The Hall–Kier alpha value is -3.26. The molecular formula is C50H66N2O5. The number of allylic oxidation sites excluding steroid dienone is 4. The van der Waals surface area contributed by atoms with Gasteiger partial charge in [-0.25, -0.2) is 0 Å². The van der Waals surface area contributed by atoms with Crippen molar-refractivity contribution in [1.82, 2.24) is 5.32 Å². The predicted molar refractivity (Wildman–Crippen MR) is 224 cm³/mol. The molecule has 57 heavy (non-hydrogen) atoms. The van der Waals surface area contributed by atoms with Gasteiger partial charge in [0.15, 0.2) is 5.78 Å². The summed E-state index contributed by atoms with van der Waals surface area (Å²) >= 11 is 0. The molecule has 1 aliphatic heterocycles. The van der Waals surface area contributed by atoms with Crippen molar-refractivity contribution in [2.45, 2.75) is 142 Å². The van der Waals surface area contributed by atoms with Gasteiger partial charge in [0, 0.05) is 29.5 Å². The van der Waals surface area contributed by atoms with Crippen LogP contribution in [0.2, 0.25) is 0 Å². The molecule has 7 heteroatoms. The number of aromatic hydroxyl groups is 1. The van der Waals surface area contributed by atoms with E-state index in [1.54, 1.807) is 6.07 Å². The van der Waals surface area contributed by atoms with E-state index in [9.17, 15) is 19.8 Å². The second-order valence-corrected chi connectivity index (χ2v) is 20.9. The number of carbonyl (C=O) groups is 2. The lowest BCUT2D eigenvalue weighted by molar-refractivity contribution is -0.196. The summed E-state index contributed by atoms with van der Waals surface area (Å²) in [6, 6.07) is 14.0. The van der Waals surface area contributed by atoms with Crippen LogP contribution >= 0.6 is 0 Å². The Morgan fingerprint density at radius 1 is 0.982 bits per heavy atom. The summed E-state index contributed by atoms with van der Waals surface area (Å²) in [6.07, 6.45) is 12.8. The minimum Gasteiger partial charge on any atom is -0.508 e. The largest absolute Gasteiger partial charge is 0.508 e. The van der Waals surface area contributed by atoms with Crippen molar-refractivity contribution < 1.29 is 24.5 Å². The number of fused-ring (bicyclic) bond motifs is 5. The number of hydrogen-bond donors (Lipinski definition) is 4. The highest BCUT2D eigenvalue weighted by molar-refractivity contribution is 6.00. The fourth-order valence-electron chi connectivity index (χ4n) is 15.5. The van der Waals surface area contributed by atoms with Crippen molar-refractivity contribution in [2.75, 3.05) is 12.8 Å². The number of nitrogens with two attached hydrogens (primary N) is 1. The molecule has 5 N–H and O–H groups in total. The van der Waals surface area contributed by atoms with Gasteiger partial charge in [-0.05, 0) is 158 Å². The number of ether oxygens (including phenoxy) is 1. The van der Waals surface area contributed by atoms with E-state index in [1.807, 2.05) is 25.2 Å². The Morgan fingerprint density at radius 3 is 2.53 bits per heavy atom. The zero-order valence-corrected chi connectivity index (χ0v) is 35.4. The van der Waals surface area contributed by atoms with Gasteiger partial charge in [-0.3, -0.25) is 9.59 Å². The third kappa shape index (κ3) is 5.53. The molecular weight excluding hydrogens is 709 g/mol. The van der Waals surface area contributed by atoms with Crippen molar-refractivity contribution in [3.05, 3.63) is 82.5 Å². The first-order chi connectivity index (χ1) is 27.0. The van der Waals surface area contributed by atoms with Gasteiger partial charge in [-0.15, -0.1) is 0 Å². The monoisotopic (exact) mass is 774 g/mol. The van der Waals surface area contributed by atoms with E-state index in [4.69, 9.17) is 10.5 Å². The topological polar surface area (TPSA) is 125 Å². The third-order valence-corrected chi connectivity index (χ3v) is 18.2. The third-order valence-electron chi connectivity index (χ3n) is 18.2. The molecule has 7 nitrogen and oxygen atoms in total. The fraction of sp³-hybridized carbons (Fsp3) is 0.640. The average molecular weight is 775 g/mol. The summed E-state index contributed by atoms with van der Waals surface area (Å²) in [4.78, 5) is 29.3. The number of nitrogens with one attached hydrogen (secondary N) is 1. The molecule has 2 aromatic carbocycles. The quantitative estimate of drug-likeness (QED) is 0.114. The van der Waals surface area contributed by atoms with E-state index in [0.717, 1.165) is 73.8 Å². The van der Waals surface area contributed by atoms with Crippen molar-refractivity contribution in [2.24, 2.45) is 51.2 Å². The minimum atomic E-state index is -0.643. The number of anilines is 1. The summed E-state index contributed by atoms with van der Waals surface area (Å²) < 4.78 is 6.48. The van der Waals surface area contributed by atoms with Crippen LogP contribution in [0, 0.1) is 51.2 Å². The number of epoxide rings is 1. The lowest BCUT2D eigenvalue weighted by Crippen LogP contribution is -2.66. The average Bonchev–Trinajstić information content (AvgIpc) is 3.53. The van der Waals surface area contributed by atoms with Gasteiger partial charge in [0.1, 0.15) is 17.6 Å². The molecule has 2 aromatic rings. The summed E-state index contributed by atoms with van der Waals surface area (Å²) in [5, 5.41) is 26.0. The second-order valence-electron chi connectivity index (χ2n) is 20.9. The summed E-state index contributed by atoms with van der Waals surface area (Å²) in [7, 11) is 1.90. The Kier molecular flexibility index (Phi) is 9.20. The van der Waals surface area contributed by atoms with E-state index >= 15 is 0 Å². The Morgan fingerprint density at radius 2 is 1.77 bits per heavy atom. The predicted octanol–water partition coefficient (Wildman–Crippen LogP) is 9.18. The minimum absolute atomic E-state index is 0.00535. The highest BCUT2D eigenvalue weighted by Crippen LogP contribution is 2.77. The number of phenolic OH excluding ortho intramolecular Hbond substituents is 1. The van der Waals surface area contributed by atoms with Crippen molar-refractivity contribution in [3.8, 4) is 5.75 Å². The smallest absolute Gasteiger partial charge is 0.159 e. The van der Waals surface area contributed by atoms with Crippen LogP contribution in [-0.4, -0.2) is 46.6 Å². The van der Waals surface area contributed by atoms with Crippen LogP contribution in [0.1, 0.15) is 134 Å². The maximum atomic E-state index is 14.9. The lowest BCUT2D eigenvalue weighted by atomic mass is 9.33. The number of ketones is 2. The first-order valence-electron chi connectivity index (χ1n) is 22.2. The van der Waals surface area contributed by atoms with Crippen molar-refractivity contribution >= 4 is 17.3 Å². The number of carbonyl (C=O) groups excluding carboxylic acids is 2. The molecule has 1 saturated heterocycles. The zero-order chi connectivity index (χ0) is 40.4. The van der Waals surface area contributed by atoms with Crippen molar-refractivity contribution in [3.63, 3.8) is 0 Å². The number of hydrogen-bond acceptors (Lipinski definition) is 7. The molecule has 10 rings (SSSR count). The van der Waals surface area contributed by atoms with Crippen LogP contribution in [0.15, 0.2) is 65.8 Å². The number of nitrogen functional groups attached to an aromatic ring is 1. The van der Waals surface area contributed by atoms with Crippen LogP contribution < -0.4 is 11.1 Å². The van der Waals surface area contributed by atoms with E-state index in [2.05, 4.69) is 77.2 Å². The standard InChI is InChI=1S/C50H66N2O5/c1-28(21-38(54)45-50(6,57-45)35-14-9-13-34(35)30-11-8-12-32(51)24-30)42-36-16-17-41-47(3,48(36,4)26-39(42)55)20-18-40-46(2)19-10-15-37(49(40,41)5)43(44(46)56)31-22-29(27-52-7)23-33(53)25-31/h8,10-12,15,22-25,28,34-35,37-38,40-41,43,45,52-54H,9,13-14,16-21,26-27,51H2,1-7H3/t28-,34+,35-,37+,38-,40+,41+,43-,45-,46+,47+,48+,49-,50-/m1/s1. The van der Waals surface area contributed by atoms with Crippen LogP contribution in [-0.2, 0) is 20.9 Å². The van der Waals surface area contributed by atoms with Crippen LogP contribution in [0.3, 0.4) is 0 Å². The van der Waals surface area contributed by atoms with Gasteiger partial charge in [0.05, 0.1) is 17.6 Å². The number of aliphatic hydroxyl groups excluding tert-OH is 1. The molecule has 5 fully saturated rings. The summed E-state index contributed by atoms with van der Waals surface area (Å²) in [5.41, 5.74) is 11.0. The zero-order valence-electron chi connectivity index (χ0n) is 35.4. The summed E-state index contributed by atoms with van der Waals surface area (Å²) in [5.74, 6) is 1.67. The maximum absolute atomic E-state index is 14.9. The van der Waals surface area contributed by atoms with Crippen molar-refractivity contribution in [1.29, 1.82) is 0 Å². The molecule has 0 radical (unpaired) electrons. The molecule has 14 atom stereocenters. The molecule has 4 saturated carbocycles. The van der Waals surface area contributed by atoms with Gasteiger partial charge in [-0.1, -0.05) is 77.0 Å². The number of aliphatic hydroxyl groups is 1. The molecule has 306 valence electrons. The highest BCUT2D eigenvalue weighted by atomic mass is 16.6. The van der Waals surface area contributed by atoms with Gasteiger partial charge in [-0.2, -0.15) is 0 Å². The van der Waals surface area contributed by atoms with Crippen LogP contribution in [0.5, 0.6) is 5.75 Å². The first kappa shape index (κ1) is 39.2. The molecule has 8 aliphatic rings. The maximum Gasteiger partial charge on any atom is 0.159 e. The molecule has 0 amide bonds. The molecule has 2 bridgehead atoms. The molecule has 0 spiro atoms. The SMILES string of the molecule is CNCc1cc(O)cc([C@H]2C(=O)[C@@]3(C)CC=C[C@@H]2[C@@]2(C)[C@H]4CCC5=C([C@H](C)C[C@@H](O)[C@H]6O[C@]6(C)[C@@H]6CCC[C@H]6c6cccc(N)c6)C(=O)C[C@]5(C)[C@@]4(C)CC[C@H]23)c1. The molecule has 1 heterocycles. The van der Waals surface area contributed by atoms with Crippen LogP contribution in [0.25, 0.3) is 0 Å². The van der Waals surface area contributed by atoms with E-state index in [0.29, 0.717) is 42.9 Å². The fourth-order valence-corrected chi connectivity index (χ4v) is 15.5. The number of Topliss-reactive ketones (excluding diaryl/α,β-unsaturated/α-hetero) is 2. The number of rotatable bonds is 9. The lowest BCUT2D eigenvalue weighted by Gasteiger charge is -2.70. The van der Waals surface area contributed by atoms with Gasteiger partial charge < -0.3 is 26.0 Å². The van der Waals surface area contributed by atoms with Gasteiger partial charge >= 0.3 is 0 Å². The Balaban J connectivity index is 0.996. The normalized spacial score (nSPS) is 43.1. The summed E-state index contributed by atoms with van der Waals surface area (Å²) in [6.45, 7) is 14.6. The van der Waals surface area contributed by atoms with E-state index < -0.39 is 11.5 Å². The molecule has 0 unspecified atom stereocenters. The van der Waals surface area contributed by atoms with Gasteiger partial charge in [0.25, 0.3) is 0 Å².